The molecule has 3 aromatic rings. The van der Waals surface area contributed by atoms with Gasteiger partial charge in [0.05, 0.1) is 19.9 Å². The first-order chi connectivity index (χ1) is 15.5. The van der Waals surface area contributed by atoms with Gasteiger partial charge < -0.3 is 24.7 Å². The van der Waals surface area contributed by atoms with E-state index in [0.717, 1.165) is 16.7 Å². The van der Waals surface area contributed by atoms with Crippen LogP contribution < -0.4 is 24.7 Å². The Hall–Kier alpha value is -3.93. The van der Waals surface area contributed by atoms with Gasteiger partial charge in [-0.2, -0.15) is 0 Å². The van der Waals surface area contributed by atoms with Crippen molar-refractivity contribution in [3.8, 4) is 34.1 Å². The molecule has 2 N–H and O–H groups in total. The SMILES string of the molecule is COc1cc(C(=O)/C(C)=C/c2ccccc2-c2cc(OC)c3c(c2)OCCO3)ccc1N. The molecule has 1 aliphatic rings. The number of ether oxygens (including phenoxy) is 4. The van der Waals surface area contributed by atoms with Crippen LogP contribution in [0.1, 0.15) is 22.8 Å². The summed E-state index contributed by atoms with van der Waals surface area (Å²) >= 11 is 0. The Morgan fingerprint density at radius 1 is 0.969 bits per heavy atom. The predicted octanol–water partition coefficient (Wildman–Crippen LogP) is 5.01. The van der Waals surface area contributed by atoms with Crippen LogP contribution in [0.25, 0.3) is 17.2 Å². The Morgan fingerprint density at radius 3 is 2.50 bits per heavy atom. The quantitative estimate of drug-likeness (QED) is 0.336. The number of Topliss-reactive ketones (excluding diaryl/α,β-unsaturated/α-hetero) is 1. The van der Waals surface area contributed by atoms with Crippen molar-refractivity contribution in [1.82, 2.24) is 0 Å². The fourth-order valence-corrected chi connectivity index (χ4v) is 3.69. The van der Waals surface area contributed by atoms with Gasteiger partial charge in [-0.05, 0) is 65.6 Å². The molecule has 0 fully saturated rings. The van der Waals surface area contributed by atoms with Gasteiger partial charge in [0.2, 0.25) is 5.75 Å². The highest BCUT2D eigenvalue weighted by Crippen LogP contribution is 2.43. The average molecular weight is 431 g/mol. The molecule has 3 aromatic carbocycles. The molecule has 0 saturated carbocycles. The van der Waals surface area contributed by atoms with Crippen LogP contribution in [0.15, 0.2) is 60.2 Å². The van der Waals surface area contributed by atoms with Crippen molar-refractivity contribution in [3.63, 3.8) is 0 Å². The molecular formula is C26H25NO5. The summed E-state index contributed by atoms with van der Waals surface area (Å²) in [7, 11) is 3.13. The summed E-state index contributed by atoms with van der Waals surface area (Å²) in [4.78, 5) is 13.0. The molecule has 0 aromatic heterocycles. The van der Waals surface area contributed by atoms with Gasteiger partial charge in [0.15, 0.2) is 17.3 Å². The molecular weight excluding hydrogens is 406 g/mol. The van der Waals surface area contributed by atoms with Gasteiger partial charge in [0.1, 0.15) is 19.0 Å². The zero-order valence-electron chi connectivity index (χ0n) is 18.3. The summed E-state index contributed by atoms with van der Waals surface area (Å²) in [6, 6.07) is 16.8. The number of hydrogen-bond donors (Lipinski definition) is 1. The van der Waals surface area contributed by atoms with Crippen LogP contribution >= 0.6 is 0 Å². The molecule has 0 atom stereocenters. The maximum Gasteiger partial charge on any atom is 0.203 e. The van der Waals surface area contributed by atoms with E-state index in [-0.39, 0.29) is 5.78 Å². The standard InChI is InChI=1S/C26H25NO5/c1-16(25(28)18-8-9-21(27)22(13-18)29-2)12-17-6-4-5-7-20(17)19-14-23(30-3)26-24(15-19)31-10-11-32-26/h4-9,12-15H,10-11,27H2,1-3H3/b16-12+. The van der Waals surface area contributed by atoms with E-state index < -0.39 is 0 Å². The first kappa shape index (κ1) is 21.3. The minimum Gasteiger partial charge on any atom is -0.495 e. The lowest BCUT2D eigenvalue weighted by Crippen LogP contribution is -2.16. The highest BCUT2D eigenvalue weighted by Gasteiger charge is 2.20. The fraction of sp³-hybridized carbons (Fsp3) is 0.192. The summed E-state index contributed by atoms with van der Waals surface area (Å²) in [6.07, 6.45) is 1.88. The number of rotatable bonds is 6. The first-order valence-corrected chi connectivity index (χ1v) is 10.3. The lowest BCUT2D eigenvalue weighted by Gasteiger charge is -2.22. The number of carbonyl (C=O) groups is 1. The van der Waals surface area contributed by atoms with Crippen LogP contribution in [-0.2, 0) is 0 Å². The summed E-state index contributed by atoms with van der Waals surface area (Å²) in [5, 5.41) is 0. The average Bonchev–Trinajstić information content (AvgIpc) is 2.83. The molecule has 0 unspecified atom stereocenters. The molecule has 0 bridgehead atoms. The lowest BCUT2D eigenvalue weighted by atomic mass is 9.95. The van der Waals surface area contributed by atoms with Crippen molar-refractivity contribution in [2.75, 3.05) is 33.2 Å². The fourth-order valence-electron chi connectivity index (χ4n) is 3.69. The van der Waals surface area contributed by atoms with Crippen LogP contribution in [0.4, 0.5) is 5.69 Å². The number of methoxy groups -OCH3 is 2. The van der Waals surface area contributed by atoms with Gasteiger partial charge in [-0.3, -0.25) is 4.79 Å². The lowest BCUT2D eigenvalue weighted by molar-refractivity contribution is 0.103. The number of fused-ring (bicyclic) bond motifs is 1. The highest BCUT2D eigenvalue weighted by molar-refractivity contribution is 6.11. The van der Waals surface area contributed by atoms with Crippen LogP contribution in [0, 0.1) is 0 Å². The van der Waals surface area contributed by atoms with Gasteiger partial charge in [-0.25, -0.2) is 0 Å². The van der Waals surface area contributed by atoms with Crippen molar-refractivity contribution < 1.29 is 23.7 Å². The number of benzene rings is 3. The van der Waals surface area contributed by atoms with E-state index in [1.807, 2.05) is 42.5 Å². The number of carbonyl (C=O) groups excluding carboxylic acids is 1. The van der Waals surface area contributed by atoms with Crippen molar-refractivity contribution >= 4 is 17.5 Å². The van der Waals surface area contributed by atoms with Crippen LogP contribution in [0.2, 0.25) is 0 Å². The van der Waals surface area contributed by atoms with Crippen molar-refractivity contribution in [3.05, 3.63) is 71.3 Å². The molecule has 6 heteroatoms. The van der Waals surface area contributed by atoms with Gasteiger partial charge in [0.25, 0.3) is 0 Å². The summed E-state index contributed by atoms with van der Waals surface area (Å²) < 4.78 is 22.3. The minimum absolute atomic E-state index is 0.0992. The maximum absolute atomic E-state index is 13.0. The topological polar surface area (TPSA) is 80.0 Å². The first-order valence-electron chi connectivity index (χ1n) is 10.3. The number of ketones is 1. The molecule has 4 rings (SSSR count). The second-order valence-electron chi connectivity index (χ2n) is 7.40. The van der Waals surface area contributed by atoms with E-state index in [1.165, 1.54) is 7.11 Å². The minimum atomic E-state index is -0.0992. The Kier molecular flexibility index (Phi) is 6.03. The normalized spacial score (nSPS) is 12.9. The highest BCUT2D eigenvalue weighted by atomic mass is 16.6. The Bertz CT molecular complexity index is 1180. The second kappa shape index (κ2) is 9.06. The Morgan fingerprint density at radius 2 is 1.72 bits per heavy atom. The Balaban J connectivity index is 1.73. The zero-order valence-corrected chi connectivity index (χ0v) is 18.3. The molecule has 1 aliphatic heterocycles. The molecule has 32 heavy (non-hydrogen) atoms. The monoisotopic (exact) mass is 431 g/mol. The van der Waals surface area contributed by atoms with Gasteiger partial charge >= 0.3 is 0 Å². The smallest absolute Gasteiger partial charge is 0.203 e. The van der Waals surface area contributed by atoms with Gasteiger partial charge in [-0.15, -0.1) is 0 Å². The molecule has 0 spiro atoms. The second-order valence-corrected chi connectivity index (χ2v) is 7.40. The van der Waals surface area contributed by atoms with E-state index in [4.69, 9.17) is 24.7 Å². The van der Waals surface area contributed by atoms with Crippen molar-refractivity contribution in [2.24, 2.45) is 0 Å². The molecule has 0 aliphatic carbocycles. The number of nitrogens with two attached hydrogens (primary N) is 1. The third kappa shape index (κ3) is 4.12. The largest absolute Gasteiger partial charge is 0.495 e. The van der Waals surface area contributed by atoms with Gasteiger partial charge in [0, 0.05) is 5.56 Å². The zero-order chi connectivity index (χ0) is 22.7. The van der Waals surface area contributed by atoms with Crippen molar-refractivity contribution in [2.45, 2.75) is 6.92 Å². The molecule has 0 amide bonds. The van der Waals surface area contributed by atoms with Gasteiger partial charge in [-0.1, -0.05) is 24.3 Å². The molecule has 0 saturated heterocycles. The van der Waals surface area contributed by atoms with E-state index in [9.17, 15) is 4.79 Å². The molecule has 6 nitrogen and oxygen atoms in total. The van der Waals surface area contributed by atoms with E-state index in [1.54, 1.807) is 32.2 Å². The number of allylic oxidation sites excluding steroid dienone is 1. The summed E-state index contributed by atoms with van der Waals surface area (Å²) in [6.45, 7) is 2.77. The van der Waals surface area contributed by atoms with E-state index >= 15 is 0 Å². The third-order valence-corrected chi connectivity index (χ3v) is 5.33. The number of anilines is 1. The molecule has 164 valence electrons. The van der Waals surface area contributed by atoms with E-state index in [0.29, 0.717) is 53.0 Å². The summed E-state index contributed by atoms with van der Waals surface area (Å²) in [5.41, 5.74) is 10.2. The molecule has 0 radical (unpaired) electrons. The van der Waals surface area contributed by atoms with Crippen LogP contribution in [0.3, 0.4) is 0 Å². The third-order valence-electron chi connectivity index (χ3n) is 5.33. The molecule has 1 heterocycles. The predicted molar refractivity (Wildman–Crippen MR) is 125 cm³/mol. The van der Waals surface area contributed by atoms with Crippen molar-refractivity contribution in [1.29, 1.82) is 0 Å². The number of hydrogen-bond acceptors (Lipinski definition) is 6. The van der Waals surface area contributed by atoms with E-state index in [2.05, 4.69) is 0 Å². The number of nitrogen functional groups attached to an aromatic ring is 1. The summed E-state index contributed by atoms with van der Waals surface area (Å²) in [5.74, 6) is 2.24. The van der Waals surface area contributed by atoms with Crippen LogP contribution in [-0.4, -0.2) is 33.2 Å². The Labute approximate surface area is 187 Å². The van der Waals surface area contributed by atoms with Crippen LogP contribution in [0.5, 0.6) is 23.0 Å². The maximum atomic E-state index is 13.0.